The maximum absolute atomic E-state index is 12.9. The predicted molar refractivity (Wildman–Crippen MR) is 70.1 cm³/mol. The van der Waals surface area contributed by atoms with Crippen LogP contribution in [-0.4, -0.2) is 41.3 Å². The van der Waals surface area contributed by atoms with Crippen molar-refractivity contribution in [3.63, 3.8) is 0 Å². The lowest BCUT2D eigenvalue weighted by atomic mass is 10.1. The van der Waals surface area contributed by atoms with E-state index in [-0.39, 0.29) is 24.9 Å². The molecule has 1 aliphatic heterocycles. The van der Waals surface area contributed by atoms with Gasteiger partial charge in [-0.25, -0.2) is 9.97 Å². The third-order valence-corrected chi connectivity index (χ3v) is 2.92. The molecule has 1 aromatic rings. The molecule has 1 saturated heterocycles. The van der Waals surface area contributed by atoms with E-state index in [2.05, 4.69) is 25.3 Å². The second kappa shape index (κ2) is 6.88. The molecule has 2 rings (SSSR count). The molecule has 2 N–H and O–H groups in total. The number of hydrogen-bond donors (Lipinski definition) is 2. The molecule has 2 heterocycles. The summed E-state index contributed by atoms with van der Waals surface area (Å²) < 4.78 is 67.8. The largest absolute Gasteiger partial charge is 0.433 e. The maximum atomic E-state index is 12.9. The van der Waals surface area contributed by atoms with E-state index in [4.69, 9.17) is 0 Å². The second-order valence-corrected chi connectivity index (χ2v) is 4.59. The van der Waals surface area contributed by atoms with Crippen LogP contribution in [0.3, 0.4) is 0 Å². The third kappa shape index (κ3) is 4.89. The third-order valence-electron chi connectivity index (χ3n) is 2.92. The van der Waals surface area contributed by atoms with Crippen LogP contribution in [-0.2, 0) is 10.9 Å². The van der Waals surface area contributed by atoms with Gasteiger partial charge < -0.3 is 15.4 Å². The summed E-state index contributed by atoms with van der Waals surface area (Å²) in [4.78, 5) is 6.97. The first kappa shape index (κ1) is 18.8. The van der Waals surface area contributed by atoms with E-state index in [1.165, 1.54) is 6.92 Å². The Morgan fingerprint density at radius 2 is 2.14 bits per heavy atom. The Bertz CT molecular complexity index is 502. The van der Waals surface area contributed by atoms with Gasteiger partial charge in [-0.05, 0) is 13.0 Å². The maximum Gasteiger partial charge on any atom is 0.433 e. The van der Waals surface area contributed by atoms with Crippen LogP contribution in [0, 0.1) is 0 Å². The molecule has 0 aromatic carbocycles. The number of aromatic nitrogens is 2. The highest BCUT2D eigenvalue weighted by molar-refractivity contribution is 5.85. The molecule has 0 unspecified atom stereocenters. The average Bonchev–Trinajstić information content (AvgIpc) is 2.36. The zero-order valence-electron chi connectivity index (χ0n) is 11.3. The first-order valence-electron chi connectivity index (χ1n) is 6.10. The lowest BCUT2D eigenvalue weighted by molar-refractivity contribution is -0.278. The number of alkyl halides is 5. The molecular formula is C11H14ClF5N4O. The first-order chi connectivity index (χ1) is 9.67. The zero-order chi connectivity index (χ0) is 15.7. The summed E-state index contributed by atoms with van der Waals surface area (Å²) in [7, 11) is 0. The number of hydrogen-bond acceptors (Lipinski definition) is 5. The van der Waals surface area contributed by atoms with Crippen molar-refractivity contribution >= 4 is 18.4 Å². The van der Waals surface area contributed by atoms with Crippen LogP contribution in [0.1, 0.15) is 12.6 Å². The van der Waals surface area contributed by atoms with Crippen molar-refractivity contribution in [3.05, 3.63) is 18.0 Å². The molecule has 1 aliphatic rings. The van der Waals surface area contributed by atoms with Gasteiger partial charge in [0, 0.05) is 12.7 Å². The van der Waals surface area contributed by atoms with Gasteiger partial charge in [-0.3, -0.25) is 0 Å². The van der Waals surface area contributed by atoms with Crippen LogP contribution in [0.25, 0.3) is 0 Å². The molecule has 0 saturated carbocycles. The van der Waals surface area contributed by atoms with E-state index >= 15 is 0 Å². The minimum atomic E-state index is -4.57. The molecule has 0 bridgehead atoms. The highest BCUT2D eigenvalue weighted by atomic mass is 35.5. The molecule has 0 aliphatic carbocycles. The summed E-state index contributed by atoms with van der Waals surface area (Å²) in [5.41, 5.74) is -1.08. The van der Waals surface area contributed by atoms with E-state index in [0.717, 1.165) is 12.3 Å². The molecule has 126 valence electrons. The van der Waals surface area contributed by atoms with E-state index in [0.29, 0.717) is 0 Å². The van der Waals surface area contributed by atoms with Gasteiger partial charge in [0.2, 0.25) is 5.95 Å². The summed E-state index contributed by atoms with van der Waals surface area (Å²) in [5, 5.41) is 5.13. The van der Waals surface area contributed by atoms with Crippen molar-refractivity contribution in [2.75, 3.05) is 18.4 Å². The van der Waals surface area contributed by atoms with Crippen LogP contribution in [0.2, 0.25) is 0 Å². The Morgan fingerprint density at radius 3 is 2.73 bits per heavy atom. The Hall–Kier alpha value is -1.26. The SMILES string of the molecule is C[C@@H]1OC(F)(F)CN[C@@H]1CNc1nccc(C(F)(F)F)n1.Cl. The standard InChI is InChI=1S/C11H13F5N4O.ClH/c1-6-7(19-5-10(12,13)21-6)4-18-9-17-3-2-8(20-9)11(14,15)16;/h2-3,6-7,19H,4-5H2,1H3,(H,17,18,20);1H/t6-,7+;/m0./s1. The Labute approximate surface area is 129 Å². The van der Waals surface area contributed by atoms with Crippen molar-refractivity contribution in [1.29, 1.82) is 0 Å². The summed E-state index contributed by atoms with van der Waals surface area (Å²) in [6.45, 7) is 0.838. The van der Waals surface area contributed by atoms with Crippen molar-refractivity contribution in [1.82, 2.24) is 15.3 Å². The monoisotopic (exact) mass is 348 g/mol. The van der Waals surface area contributed by atoms with Gasteiger partial charge in [0.1, 0.15) is 5.69 Å². The lowest BCUT2D eigenvalue weighted by Crippen LogP contribution is -2.57. The lowest BCUT2D eigenvalue weighted by Gasteiger charge is -2.35. The minimum Gasteiger partial charge on any atom is -0.353 e. The van der Waals surface area contributed by atoms with Gasteiger partial charge in [0.05, 0.1) is 18.7 Å². The summed E-state index contributed by atoms with van der Waals surface area (Å²) in [5.74, 6) is -0.226. The van der Waals surface area contributed by atoms with Crippen molar-refractivity contribution in [3.8, 4) is 0 Å². The Morgan fingerprint density at radius 1 is 1.45 bits per heavy atom. The fourth-order valence-corrected chi connectivity index (χ4v) is 1.85. The first-order valence-corrected chi connectivity index (χ1v) is 6.10. The Balaban J connectivity index is 0.00000242. The molecule has 0 spiro atoms. The molecule has 0 amide bonds. The van der Waals surface area contributed by atoms with Crippen molar-refractivity contribution < 1.29 is 26.7 Å². The fourth-order valence-electron chi connectivity index (χ4n) is 1.85. The van der Waals surface area contributed by atoms with Crippen LogP contribution < -0.4 is 10.6 Å². The quantitative estimate of drug-likeness (QED) is 0.821. The van der Waals surface area contributed by atoms with Crippen LogP contribution in [0.4, 0.5) is 27.9 Å². The van der Waals surface area contributed by atoms with Gasteiger partial charge in [-0.1, -0.05) is 0 Å². The van der Waals surface area contributed by atoms with Crippen molar-refractivity contribution in [2.24, 2.45) is 0 Å². The van der Waals surface area contributed by atoms with Crippen LogP contribution >= 0.6 is 12.4 Å². The van der Waals surface area contributed by atoms with Gasteiger partial charge in [0.15, 0.2) is 0 Å². The number of anilines is 1. The van der Waals surface area contributed by atoms with Crippen LogP contribution in [0.15, 0.2) is 12.3 Å². The molecule has 11 heteroatoms. The molecule has 0 radical (unpaired) electrons. The summed E-state index contributed by atoms with van der Waals surface area (Å²) in [6, 6.07) is 0.249. The average molecular weight is 349 g/mol. The smallest absolute Gasteiger partial charge is 0.353 e. The van der Waals surface area contributed by atoms with Gasteiger partial charge in [-0.15, -0.1) is 12.4 Å². The van der Waals surface area contributed by atoms with Gasteiger partial charge in [0.25, 0.3) is 0 Å². The fraction of sp³-hybridized carbons (Fsp3) is 0.636. The van der Waals surface area contributed by atoms with E-state index < -0.39 is 36.7 Å². The normalized spacial score (nSPS) is 24.5. The second-order valence-electron chi connectivity index (χ2n) is 4.59. The predicted octanol–water partition coefficient (Wildman–Crippen LogP) is 2.30. The highest BCUT2D eigenvalue weighted by Gasteiger charge is 2.40. The Kier molecular flexibility index (Phi) is 5.88. The van der Waals surface area contributed by atoms with Gasteiger partial charge >= 0.3 is 12.3 Å². The highest BCUT2D eigenvalue weighted by Crippen LogP contribution is 2.27. The van der Waals surface area contributed by atoms with Crippen LogP contribution in [0.5, 0.6) is 0 Å². The van der Waals surface area contributed by atoms with Gasteiger partial charge in [-0.2, -0.15) is 22.0 Å². The van der Waals surface area contributed by atoms with E-state index in [9.17, 15) is 22.0 Å². The minimum absolute atomic E-state index is 0. The number of morpholine rings is 1. The zero-order valence-corrected chi connectivity index (χ0v) is 12.1. The van der Waals surface area contributed by atoms with E-state index in [1.807, 2.05) is 0 Å². The molecule has 1 aromatic heterocycles. The number of nitrogens with zero attached hydrogens (tertiary/aromatic N) is 2. The van der Waals surface area contributed by atoms with E-state index in [1.54, 1.807) is 0 Å². The number of nitrogens with one attached hydrogen (secondary N) is 2. The summed E-state index contributed by atoms with van der Waals surface area (Å²) in [6.07, 6.45) is -7.66. The summed E-state index contributed by atoms with van der Waals surface area (Å²) >= 11 is 0. The topological polar surface area (TPSA) is 59.1 Å². The van der Waals surface area contributed by atoms with Crippen molar-refractivity contribution in [2.45, 2.75) is 31.4 Å². The number of ether oxygens (including phenoxy) is 1. The molecule has 22 heavy (non-hydrogen) atoms. The molecule has 1 fully saturated rings. The number of halogens is 6. The molecule has 2 atom stereocenters. The number of rotatable bonds is 3. The molecular weight excluding hydrogens is 335 g/mol. The molecule has 5 nitrogen and oxygen atoms in total.